The molecule has 2 fully saturated rings. The van der Waals surface area contributed by atoms with Gasteiger partial charge in [-0.15, -0.1) is 10.2 Å². The van der Waals surface area contributed by atoms with E-state index in [4.69, 9.17) is 4.74 Å². The molecule has 0 radical (unpaired) electrons. The molecule has 6 nitrogen and oxygen atoms in total. The number of carbonyl (C=O) groups excluding carboxylic acids is 1. The first-order valence-corrected chi connectivity index (χ1v) is 11.0. The maximum atomic E-state index is 12.4. The zero-order chi connectivity index (χ0) is 19.4. The molecule has 1 N–H and O–H groups in total. The van der Waals surface area contributed by atoms with Gasteiger partial charge in [0.2, 0.25) is 5.01 Å². The van der Waals surface area contributed by atoms with Crippen LogP contribution in [0.5, 0.6) is 0 Å². The maximum absolute atomic E-state index is 12.4. The summed E-state index contributed by atoms with van der Waals surface area (Å²) >= 11 is 1.39. The van der Waals surface area contributed by atoms with Gasteiger partial charge in [0.15, 0.2) is 0 Å². The number of hydrogen-bond acceptors (Lipinski definition) is 6. The number of rotatable bonds is 5. The van der Waals surface area contributed by atoms with Crippen LogP contribution in [0.2, 0.25) is 0 Å². The first-order valence-electron chi connectivity index (χ1n) is 10.1. The Kier molecular flexibility index (Phi) is 6.04. The maximum Gasteiger partial charge on any atom is 0.282 e. The Labute approximate surface area is 170 Å². The van der Waals surface area contributed by atoms with Crippen molar-refractivity contribution in [2.45, 2.75) is 57.7 Å². The Morgan fingerprint density at radius 1 is 1.21 bits per heavy atom. The predicted octanol–water partition coefficient (Wildman–Crippen LogP) is 3.31. The molecule has 1 saturated heterocycles. The van der Waals surface area contributed by atoms with Crippen LogP contribution in [0.4, 0.5) is 0 Å². The lowest BCUT2D eigenvalue weighted by atomic mass is 9.83. The lowest BCUT2D eigenvalue weighted by Crippen LogP contribution is -2.52. The van der Waals surface area contributed by atoms with Gasteiger partial charge in [0.1, 0.15) is 5.01 Å². The van der Waals surface area contributed by atoms with Crippen molar-refractivity contribution in [3.8, 4) is 0 Å². The highest BCUT2D eigenvalue weighted by molar-refractivity contribution is 7.13. The second kappa shape index (κ2) is 8.68. The number of amides is 1. The number of morpholine rings is 1. The van der Waals surface area contributed by atoms with E-state index in [0.29, 0.717) is 11.6 Å². The van der Waals surface area contributed by atoms with Crippen molar-refractivity contribution in [3.05, 3.63) is 45.4 Å². The SMILES string of the molecule is Cc1ccc(CNC(=O)c2nnc(CN3CCOC4(CCCCC4)C3)s2)cc1. The van der Waals surface area contributed by atoms with E-state index in [1.54, 1.807) is 0 Å². The molecule has 1 amide bonds. The molecule has 1 aliphatic carbocycles. The van der Waals surface area contributed by atoms with E-state index < -0.39 is 0 Å². The van der Waals surface area contributed by atoms with Crippen LogP contribution in [-0.4, -0.2) is 46.3 Å². The molecule has 1 aliphatic heterocycles. The van der Waals surface area contributed by atoms with Crippen molar-refractivity contribution >= 4 is 17.2 Å². The second-order valence-corrected chi connectivity index (χ2v) is 9.03. The molecule has 1 spiro atoms. The molecule has 0 atom stereocenters. The van der Waals surface area contributed by atoms with Crippen LogP contribution in [0.15, 0.2) is 24.3 Å². The first kappa shape index (κ1) is 19.5. The van der Waals surface area contributed by atoms with Gasteiger partial charge in [-0.05, 0) is 25.3 Å². The van der Waals surface area contributed by atoms with Crippen molar-refractivity contribution < 1.29 is 9.53 Å². The number of hydrogen-bond donors (Lipinski definition) is 1. The second-order valence-electron chi connectivity index (χ2n) is 7.97. The third kappa shape index (κ3) is 4.77. The van der Waals surface area contributed by atoms with E-state index in [1.807, 2.05) is 24.3 Å². The number of benzene rings is 1. The Hall–Kier alpha value is -1.83. The van der Waals surface area contributed by atoms with Crippen molar-refractivity contribution in [1.82, 2.24) is 20.4 Å². The van der Waals surface area contributed by atoms with Gasteiger partial charge in [-0.3, -0.25) is 9.69 Å². The molecule has 28 heavy (non-hydrogen) atoms. The molecular weight excluding hydrogens is 372 g/mol. The summed E-state index contributed by atoms with van der Waals surface area (Å²) in [7, 11) is 0. The highest BCUT2D eigenvalue weighted by Crippen LogP contribution is 2.34. The van der Waals surface area contributed by atoms with Crippen LogP contribution in [0.1, 0.15) is 58.0 Å². The van der Waals surface area contributed by atoms with Crippen molar-refractivity contribution in [3.63, 3.8) is 0 Å². The van der Waals surface area contributed by atoms with Crippen LogP contribution < -0.4 is 5.32 Å². The van der Waals surface area contributed by atoms with E-state index in [2.05, 4.69) is 27.3 Å². The topological polar surface area (TPSA) is 67.4 Å². The highest BCUT2D eigenvalue weighted by atomic mass is 32.1. The van der Waals surface area contributed by atoms with Crippen molar-refractivity contribution in [2.75, 3.05) is 19.7 Å². The number of nitrogens with zero attached hydrogens (tertiary/aromatic N) is 3. The molecule has 7 heteroatoms. The highest BCUT2D eigenvalue weighted by Gasteiger charge is 2.37. The van der Waals surface area contributed by atoms with Gasteiger partial charge >= 0.3 is 0 Å². The number of ether oxygens (including phenoxy) is 1. The third-order valence-corrected chi connectivity index (χ3v) is 6.59. The summed E-state index contributed by atoms with van der Waals surface area (Å²) in [4.78, 5) is 14.8. The van der Waals surface area contributed by atoms with Gasteiger partial charge in [-0.2, -0.15) is 0 Å². The van der Waals surface area contributed by atoms with Crippen molar-refractivity contribution in [2.24, 2.45) is 0 Å². The van der Waals surface area contributed by atoms with E-state index in [9.17, 15) is 4.79 Å². The van der Waals surface area contributed by atoms with E-state index in [1.165, 1.54) is 36.2 Å². The monoisotopic (exact) mass is 400 g/mol. The molecule has 0 bridgehead atoms. The van der Waals surface area contributed by atoms with Crippen LogP contribution in [0, 0.1) is 6.92 Å². The Morgan fingerprint density at radius 2 is 2.00 bits per heavy atom. The summed E-state index contributed by atoms with van der Waals surface area (Å²) in [5.74, 6) is -0.157. The van der Waals surface area contributed by atoms with Gasteiger partial charge in [0, 0.05) is 19.6 Å². The van der Waals surface area contributed by atoms with E-state index in [0.717, 1.165) is 49.7 Å². The molecule has 1 saturated carbocycles. The number of aromatic nitrogens is 2. The fraction of sp³-hybridized carbons (Fsp3) is 0.571. The molecular formula is C21H28N4O2S. The van der Waals surface area contributed by atoms with Gasteiger partial charge in [-0.1, -0.05) is 60.4 Å². The number of nitrogens with one attached hydrogen (secondary N) is 1. The number of aryl methyl sites for hydroxylation is 1. The summed E-state index contributed by atoms with van der Waals surface area (Å²) < 4.78 is 6.16. The molecule has 2 heterocycles. The summed E-state index contributed by atoms with van der Waals surface area (Å²) in [6, 6.07) is 8.15. The number of carbonyl (C=O) groups is 1. The quantitative estimate of drug-likeness (QED) is 0.834. The Bertz CT molecular complexity index is 793. The van der Waals surface area contributed by atoms with Crippen molar-refractivity contribution in [1.29, 1.82) is 0 Å². The molecule has 0 unspecified atom stereocenters. The van der Waals surface area contributed by atoms with E-state index in [-0.39, 0.29) is 11.5 Å². The zero-order valence-electron chi connectivity index (χ0n) is 16.4. The predicted molar refractivity (Wildman–Crippen MR) is 109 cm³/mol. The summed E-state index contributed by atoms with van der Waals surface area (Å²) in [6.07, 6.45) is 6.16. The largest absolute Gasteiger partial charge is 0.372 e. The van der Waals surface area contributed by atoms with Crippen LogP contribution in [0.25, 0.3) is 0 Å². The van der Waals surface area contributed by atoms with E-state index >= 15 is 0 Å². The van der Waals surface area contributed by atoms with Gasteiger partial charge in [0.25, 0.3) is 5.91 Å². The van der Waals surface area contributed by atoms with Crippen LogP contribution in [-0.2, 0) is 17.8 Å². The minimum absolute atomic E-state index is 0.0371. The average Bonchev–Trinajstić information content (AvgIpc) is 3.16. The van der Waals surface area contributed by atoms with Crippen LogP contribution >= 0.6 is 11.3 Å². The lowest BCUT2D eigenvalue weighted by Gasteiger charge is -2.44. The summed E-state index contributed by atoms with van der Waals surface area (Å²) in [5.41, 5.74) is 2.33. The third-order valence-electron chi connectivity index (χ3n) is 5.69. The molecule has 150 valence electrons. The zero-order valence-corrected chi connectivity index (χ0v) is 17.3. The minimum atomic E-state index is -0.157. The van der Waals surface area contributed by atoms with Gasteiger partial charge in [-0.25, -0.2) is 0 Å². The summed E-state index contributed by atoms with van der Waals surface area (Å²) in [6.45, 7) is 5.95. The smallest absolute Gasteiger partial charge is 0.282 e. The first-order chi connectivity index (χ1) is 13.6. The minimum Gasteiger partial charge on any atom is -0.372 e. The van der Waals surface area contributed by atoms with Gasteiger partial charge < -0.3 is 10.1 Å². The standard InChI is InChI=1S/C21H28N4O2S/c1-16-5-7-17(8-6-16)13-22-19(26)20-24-23-18(28-20)14-25-11-12-27-21(15-25)9-3-2-4-10-21/h5-8H,2-4,9-15H2,1H3,(H,22,26). The Balaban J connectivity index is 1.31. The molecule has 2 aromatic rings. The Morgan fingerprint density at radius 3 is 2.79 bits per heavy atom. The normalized spacial score (nSPS) is 19.6. The fourth-order valence-corrected chi connectivity index (χ4v) is 4.92. The molecule has 1 aromatic heterocycles. The van der Waals surface area contributed by atoms with Gasteiger partial charge in [0.05, 0.1) is 18.8 Å². The molecule has 2 aliphatic rings. The molecule has 4 rings (SSSR count). The molecule has 1 aromatic carbocycles. The van der Waals surface area contributed by atoms with Crippen LogP contribution in [0.3, 0.4) is 0 Å². The fourth-order valence-electron chi connectivity index (χ4n) is 4.12. The average molecular weight is 401 g/mol. The summed E-state index contributed by atoms with van der Waals surface area (Å²) in [5, 5.41) is 12.6. The lowest BCUT2D eigenvalue weighted by molar-refractivity contribution is -0.128.